The smallest absolute Gasteiger partial charge is 0.332 e. The van der Waals surface area contributed by atoms with Gasteiger partial charge in [-0.05, 0) is 39.0 Å². The molecule has 3 N–H and O–H groups in total. The summed E-state index contributed by atoms with van der Waals surface area (Å²) in [5.74, 6) is -0.137. The molecule has 1 rings (SSSR count). The molecule has 0 aliphatic carbocycles. The van der Waals surface area contributed by atoms with Gasteiger partial charge in [0.05, 0.1) is 5.92 Å². The van der Waals surface area contributed by atoms with E-state index in [-0.39, 0.29) is 18.0 Å². The van der Waals surface area contributed by atoms with Gasteiger partial charge in [-0.2, -0.15) is 5.10 Å². The second-order valence-corrected chi connectivity index (χ2v) is 5.35. The minimum Gasteiger partial charge on any atom is -0.462 e. The summed E-state index contributed by atoms with van der Waals surface area (Å²) in [5.41, 5.74) is 7.87. The fourth-order valence-corrected chi connectivity index (χ4v) is 2.35. The van der Waals surface area contributed by atoms with Gasteiger partial charge in [0.2, 0.25) is 0 Å². The van der Waals surface area contributed by atoms with Crippen molar-refractivity contribution < 1.29 is 14.3 Å². The summed E-state index contributed by atoms with van der Waals surface area (Å²) in [6.45, 7) is 3.96. The summed E-state index contributed by atoms with van der Waals surface area (Å²) in [6.07, 6.45) is 6.69. The lowest BCUT2D eigenvalue weighted by Crippen LogP contribution is -2.25. The molecule has 0 bridgehead atoms. The third-order valence-corrected chi connectivity index (χ3v) is 3.50. The Labute approximate surface area is 120 Å². The standard InChI is InChI=1S/C14H25N3O3/c1-3-4-5-6-12-9-11(13(18)20-12)8-7-10(2)16-17-14(15)19/h11-12H,3-9H2,1-2H3,(H3,15,17,19)/b16-10-/t11-,12-/m0/s1. The van der Waals surface area contributed by atoms with E-state index in [0.717, 1.165) is 25.0 Å². The van der Waals surface area contributed by atoms with E-state index in [2.05, 4.69) is 17.5 Å². The molecule has 0 spiro atoms. The summed E-state index contributed by atoms with van der Waals surface area (Å²) in [6, 6.07) is -0.680. The van der Waals surface area contributed by atoms with E-state index >= 15 is 0 Å². The zero-order valence-electron chi connectivity index (χ0n) is 12.4. The molecule has 1 saturated heterocycles. The maximum atomic E-state index is 11.7. The minimum atomic E-state index is -0.680. The highest BCUT2D eigenvalue weighted by Gasteiger charge is 2.33. The Bertz CT molecular complexity index is 369. The van der Waals surface area contributed by atoms with Crippen molar-refractivity contribution in [1.29, 1.82) is 0 Å². The fourth-order valence-electron chi connectivity index (χ4n) is 2.35. The first-order valence-corrected chi connectivity index (χ1v) is 7.32. The van der Waals surface area contributed by atoms with Crippen molar-refractivity contribution in [3.8, 4) is 0 Å². The number of nitrogens with zero attached hydrogens (tertiary/aromatic N) is 1. The van der Waals surface area contributed by atoms with Crippen LogP contribution in [0.3, 0.4) is 0 Å². The molecule has 2 amide bonds. The van der Waals surface area contributed by atoms with Crippen molar-refractivity contribution >= 4 is 17.7 Å². The lowest BCUT2D eigenvalue weighted by Gasteiger charge is -2.07. The molecule has 0 aromatic carbocycles. The Hall–Kier alpha value is -1.59. The largest absolute Gasteiger partial charge is 0.462 e. The van der Waals surface area contributed by atoms with E-state index in [1.54, 1.807) is 6.92 Å². The number of esters is 1. The van der Waals surface area contributed by atoms with Crippen LogP contribution in [0.5, 0.6) is 0 Å². The zero-order valence-corrected chi connectivity index (χ0v) is 12.4. The lowest BCUT2D eigenvalue weighted by molar-refractivity contribution is -0.144. The molecular weight excluding hydrogens is 258 g/mol. The molecule has 0 aromatic rings. The molecule has 6 nitrogen and oxygen atoms in total. The van der Waals surface area contributed by atoms with E-state index < -0.39 is 6.03 Å². The summed E-state index contributed by atoms with van der Waals surface area (Å²) in [7, 11) is 0. The first-order chi connectivity index (χ1) is 9.52. The van der Waals surface area contributed by atoms with Crippen LogP contribution in [0.15, 0.2) is 5.10 Å². The van der Waals surface area contributed by atoms with Gasteiger partial charge in [-0.25, -0.2) is 10.2 Å². The van der Waals surface area contributed by atoms with E-state index in [1.807, 2.05) is 0 Å². The molecule has 0 radical (unpaired) electrons. The molecule has 1 fully saturated rings. The number of rotatable bonds is 8. The van der Waals surface area contributed by atoms with Gasteiger partial charge in [0.1, 0.15) is 6.10 Å². The van der Waals surface area contributed by atoms with Crippen molar-refractivity contribution in [2.24, 2.45) is 16.8 Å². The van der Waals surface area contributed by atoms with Crippen molar-refractivity contribution in [1.82, 2.24) is 5.43 Å². The van der Waals surface area contributed by atoms with Crippen LogP contribution < -0.4 is 11.2 Å². The Morgan fingerprint density at radius 3 is 2.85 bits per heavy atom. The number of amides is 2. The van der Waals surface area contributed by atoms with Gasteiger partial charge in [0, 0.05) is 5.71 Å². The number of unbranched alkanes of at least 4 members (excludes halogenated alkanes) is 2. The molecule has 0 aromatic heterocycles. The maximum Gasteiger partial charge on any atom is 0.332 e. The van der Waals surface area contributed by atoms with Gasteiger partial charge in [0.15, 0.2) is 0 Å². The molecule has 0 saturated carbocycles. The number of carbonyl (C=O) groups excluding carboxylic acids is 2. The van der Waals surface area contributed by atoms with Crippen molar-refractivity contribution in [2.75, 3.05) is 0 Å². The molecule has 1 aliphatic heterocycles. The number of hydrogen-bond acceptors (Lipinski definition) is 4. The number of cyclic esters (lactones) is 1. The zero-order chi connectivity index (χ0) is 15.0. The number of ether oxygens (including phenoxy) is 1. The van der Waals surface area contributed by atoms with Crippen molar-refractivity contribution in [3.63, 3.8) is 0 Å². The molecule has 6 heteroatoms. The third-order valence-electron chi connectivity index (χ3n) is 3.50. The fraction of sp³-hybridized carbons (Fsp3) is 0.786. The van der Waals surface area contributed by atoms with Gasteiger partial charge >= 0.3 is 12.0 Å². The second kappa shape index (κ2) is 8.55. The van der Waals surface area contributed by atoms with Crippen molar-refractivity contribution in [3.05, 3.63) is 0 Å². The number of hydrogen-bond donors (Lipinski definition) is 2. The third kappa shape index (κ3) is 6.04. The highest BCUT2D eigenvalue weighted by molar-refractivity contribution is 5.84. The molecule has 0 unspecified atom stereocenters. The first-order valence-electron chi connectivity index (χ1n) is 7.32. The Kier molecular flexibility index (Phi) is 7.04. The van der Waals surface area contributed by atoms with Crippen LogP contribution in [0.25, 0.3) is 0 Å². The van der Waals surface area contributed by atoms with E-state index in [4.69, 9.17) is 10.5 Å². The highest BCUT2D eigenvalue weighted by Crippen LogP contribution is 2.28. The summed E-state index contributed by atoms with van der Waals surface area (Å²) in [5, 5.41) is 3.83. The van der Waals surface area contributed by atoms with Crippen molar-refractivity contribution in [2.45, 2.75) is 64.9 Å². The van der Waals surface area contributed by atoms with E-state index in [1.165, 1.54) is 12.8 Å². The number of nitrogens with two attached hydrogens (primary N) is 1. The van der Waals surface area contributed by atoms with E-state index in [9.17, 15) is 9.59 Å². The average molecular weight is 283 g/mol. The molecule has 20 heavy (non-hydrogen) atoms. The van der Waals surface area contributed by atoms with Crippen LogP contribution in [0.2, 0.25) is 0 Å². The molecular formula is C14H25N3O3. The van der Waals surface area contributed by atoms with Crippen LogP contribution in [-0.2, 0) is 9.53 Å². The number of carbonyl (C=O) groups is 2. The normalized spacial score (nSPS) is 22.7. The molecule has 1 aliphatic rings. The van der Waals surface area contributed by atoms with Gasteiger partial charge in [0.25, 0.3) is 0 Å². The van der Waals surface area contributed by atoms with Crippen LogP contribution in [0, 0.1) is 5.92 Å². The maximum absolute atomic E-state index is 11.7. The predicted molar refractivity (Wildman–Crippen MR) is 77.2 cm³/mol. The summed E-state index contributed by atoms with van der Waals surface area (Å²) >= 11 is 0. The monoisotopic (exact) mass is 283 g/mol. The second-order valence-electron chi connectivity index (χ2n) is 5.35. The first kappa shape index (κ1) is 16.5. The summed E-state index contributed by atoms with van der Waals surface area (Å²) < 4.78 is 5.38. The SMILES string of the molecule is CCCCC[C@H]1C[C@H](CC/C(C)=N\NC(N)=O)C(=O)O1. The Morgan fingerprint density at radius 1 is 1.45 bits per heavy atom. The molecule has 1 heterocycles. The quantitative estimate of drug-likeness (QED) is 0.310. The number of nitrogens with one attached hydrogen (secondary N) is 1. The van der Waals surface area contributed by atoms with Crippen LogP contribution >= 0.6 is 0 Å². The number of primary amides is 1. The van der Waals surface area contributed by atoms with Gasteiger partial charge in [-0.15, -0.1) is 0 Å². The molecule has 2 atom stereocenters. The Morgan fingerprint density at radius 2 is 2.20 bits per heavy atom. The van der Waals surface area contributed by atoms with E-state index in [0.29, 0.717) is 12.8 Å². The van der Waals surface area contributed by atoms with Crippen LogP contribution in [0.4, 0.5) is 4.79 Å². The predicted octanol–water partition coefficient (Wildman–Crippen LogP) is 2.32. The molecule has 114 valence electrons. The number of urea groups is 1. The van der Waals surface area contributed by atoms with Crippen LogP contribution in [-0.4, -0.2) is 23.8 Å². The lowest BCUT2D eigenvalue weighted by atomic mass is 9.96. The van der Waals surface area contributed by atoms with Gasteiger partial charge < -0.3 is 10.5 Å². The van der Waals surface area contributed by atoms with Gasteiger partial charge in [-0.3, -0.25) is 4.79 Å². The number of hydrazone groups is 1. The van der Waals surface area contributed by atoms with Crippen LogP contribution in [0.1, 0.15) is 58.8 Å². The Balaban J connectivity index is 2.28. The highest BCUT2D eigenvalue weighted by atomic mass is 16.5. The average Bonchev–Trinajstić information content (AvgIpc) is 2.75. The topological polar surface area (TPSA) is 93.8 Å². The minimum absolute atomic E-state index is 0.0413. The van der Waals surface area contributed by atoms with Gasteiger partial charge in [-0.1, -0.05) is 19.8 Å². The summed E-state index contributed by atoms with van der Waals surface area (Å²) in [4.78, 5) is 22.3.